The highest BCUT2D eigenvalue weighted by atomic mass is 19.1. The van der Waals surface area contributed by atoms with Gasteiger partial charge in [0.15, 0.2) is 0 Å². The second-order valence-corrected chi connectivity index (χ2v) is 8.66. The lowest BCUT2D eigenvalue weighted by atomic mass is 9.71. The number of hydrogen-bond acceptors (Lipinski definition) is 5. The Morgan fingerprint density at radius 1 is 1.23 bits per heavy atom. The Kier molecular flexibility index (Phi) is 5.32. The van der Waals surface area contributed by atoms with Crippen LogP contribution < -0.4 is 10.5 Å². The van der Waals surface area contributed by atoms with E-state index >= 15 is 0 Å². The van der Waals surface area contributed by atoms with Crippen LogP contribution in [0.3, 0.4) is 0 Å². The van der Waals surface area contributed by atoms with E-state index in [1.807, 2.05) is 12.1 Å². The molecule has 0 radical (unpaired) electrons. The van der Waals surface area contributed by atoms with Crippen LogP contribution in [0, 0.1) is 17.1 Å². The van der Waals surface area contributed by atoms with E-state index in [-0.39, 0.29) is 22.9 Å². The summed E-state index contributed by atoms with van der Waals surface area (Å²) in [6.07, 6.45) is 0. The van der Waals surface area contributed by atoms with Crippen molar-refractivity contribution in [3.8, 4) is 6.07 Å². The number of fused-ring (bicyclic) bond motifs is 1. The molecule has 1 fully saturated rings. The van der Waals surface area contributed by atoms with Gasteiger partial charge >= 0.3 is 0 Å². The van der Waals surface area contributed by atoms with Gasteiger partial charge in [-0.15, -0.1) is 0 Å². The maximum absolute atomic E-state index is 13.4. The van der Waals surface area contributed by atoms with E-state index in [1.54, 1.807) is 29.8 Å². The summed E-state index contributed by atoms with van der Waals surface area (Å²) >= 11 is 0. The predicted molar refractivity (Wildman–Crippen MR) is 122 cm³/mol. The molecular formula is C23H25BFN5O. The summed E-state index contributed by atoms with van der Waals surface area (Å²) in [6.45, 7) is 6.55. The molecule has 1 unspecified atom stereocenters. The molecule has 4 rings (SSSR count). The van der Waals surface area contributed by atoms with E-state index in [0.29, 0.717) is 23.3 Å². The minimum Gasteiger partial charge on any atom is -0.364 e. The summed E-state index contributed by atoms with van der Waals surface area (Å²) in [4.78, 5) is 21.7. The summed E-state index contributed by atoms with van der Waals surface area (Å²) in [5.74, 6) is -0.237. The zero-order chi connectivity index (χ0) is 22.3. The van der Waals surface area contributed by atoms with Crippen molar-refractivity contribution >= 4 is 24.6 Å². The Balaban J connectivity index is 1.68. The van der Waals surface area contributed by atoms with E-state index < -0.39 is 0 Å². The standard InChI is InChI=1S/C23H25BFN5O/c1-15-14-29(23(2,24)16-4-6-17(25)7-5-16)10-11-30(15)20-12-21(31)28(3)19-9-8-18(13-26)27-22(19)20/h4-9,12,15H,10-11,14,24H2,1-3H3/t15-,23?/m0/s1. The number of hydrogen-bond donors (Lipinski definition) is 0. The van der Waals surface area contributed by atoms with E-state index in [2.05, 4.69) is 42.5 Å². The van der Waals surface area contributed by atoms with Crippen LogP contribution in [0.2, 0.25) is 0 Å². The monoisotopic (exact) mass is 417 g/mol. The number of piperazine rings is 1. The van der Waals surface area contributed by atoms with Crippen LogP contribution in [0.15, 0.2) is 47.3 Å². The normalized spacial score (nSPS) is 19.2. The third kappa shape index (κ3) is 3.70. The SMILES string of the molecule is BC(C)(c1ccc(F)cc1)N1CCN(c2cc(=O)n(C)c3ccc(C#N)nc23)[C@@H](C)C1. The number of nitrogens with zero attached hydrogens (tertiary/aromatic N) is 5. The highest BCUT2D eigenvalue weighted by Crippen LogP contribution is 2.31. The molecule has 0 bridgehead atoms. The summed E-state index contributed by atoms with van der Waals surface area (Å²) < 4.78 is 14.9. The van der Waals surface area contributed by atoms with Crippen LogP contribution in [-0.4, -0.2) is 48.0 Å². The van der Waals surface area contributed by atoms with E-state index in [4.69, 9.17) is 0 Å². The Bertz CT molecular complexity index is 1230. The first-order valence-electron chi connectivity index (χ1n) is 10.4. The van der Waals surface area contributed by atoms with Gasteiger partial charge in [-0.1, -0.05) is 19.1 Å². The Morgan fingerprint density at radius 2 is 1.94 bits per heavy atom. The van der Waals surface area contributed by atoms with E-state index in [9.17, 15) is 14.4 Å². The van der Waals surface area contributed by atoms with Crippen molar-refractivity contribution in [1.29, 1.82) is 5.26 Å². The van der Waals surface area contributed by atoms with Gasteiger partial charge in [0, 0.05) is 44.2 Å². The van der Waals surface area contributed by atoms with Crippen LogP contribution in [0.5, 0.6) is 0 Å². The zero-order valence-electron chi connectivity index (χ0n) is 18.3. The predicted octanol–water partition coefficient (Wildman–Crippen LogP) is 1.96. The van der Waals surface area contributed by atoms with Gasteiger partial charge in [0.05, 0.1) is 11.2 Å². The van der Waals surface area contributed by atoms with Gasteiger partial charge in [0.25, 0.3) is 5.56 Å². The lowest BCUT2D eigenvalue weighted by Gasteiger charge is -2.48. The Hall–Kier alpha value is -3.18. The van der Waals surface area contributed by atoms with Crippen molar-refractivity contribution in [2.24, 2.45) is 7.05 Å². The number of pyridine rings is 2. The van der Waals surface area contributed by atoms with Crippen molar-refractivity contribution in [3.05, 3.63) is 69.9 Å². The zero-order valence-corrected chi connectivity index (χ0v) is 18.3. The molecule has 1 aliphatic rings. The number of aromatic nitrogens is 2. The van der Waals surface area contributed by atoms with Gasteiger partial charge in [-0.25, -0.2) is 9.37 Å². The average molecular weight is 417 g/mol. The third-order valence-electron chi connectivity index (χ3n) is 6.46. The fourth-order valence-corrected chi connectivity index (χ4v) is 4.46. The van der Waals surface area contributed by atoms with E-state index in [1.165, 1.54) is 12.1 Å². The van der Waals surface area contributed by atoms with Crippen LogP contribution in [-0.2, 0) is 12.5 Å². The topological polar surface area (TPSA) is 65.2 Å². The molecule has 1 saturated heterocycles. The Labute approximate surface area is 181 Å². The molecule has 1 aliphatic heterocycles. The number of rotatable bonds is 3. The third-order valence-corrected chi connectivity index (χ3v) is 6.46. The highest BCUT2D eigenvalue weighted by molar-refractivity contribution is 6.15. The average Bonchev–Trinajstić information content (AvgIpc) is 2.76. The van der Waals surface area contributed by atoms with Crippen LogP contribution in [0.25, 0.3) is 11.0 Å². The second kappa shape index (κ2) is 7.82. The van der Waals surface area contributed by atoms with Gasteiger partial charge in [0.2, 0.25) is 0 Å². The first-order chi connectivity index (χ1) is 14.7. The lowest BCUT2D eigenvalue weighted by Crippen LogP contribution is -2.58. The molecule has 2 atom stereocenters. The summed E-state index contributed by atoms with van der Waals surface area (Å²) in [7, 11) is 3.87. The number of aryl methyl sites for hydroxylation is 1. The van der Waals surface area contributed by atoms with Crippen molar-refractivity contribution in [2.75, 3.05) is 24.5 Å². The molecule has 3 heterocycles. The number of benzene rings is 1. The molecule has 0 amide bonds. The fraction of sp³-hybridized carbons (Fsp3) is 0.348. The summed E-state index contributed by atoms with van der Waals surface area (Å²) in [6, 6.07) is 13.9. The van der Waals surface area contributed by atoms with Crippen LogP contribution in [0.1, 0.15) is 25.1 Å². The Morgan fingerprint density at radius 3 is 2.58 bits per heavy atom. The molecular weight excluding hydrogens is 392 g/mol. The first kappa shape index (κ1) is 21.1. The van der Waals surface area contributed by atoms with Crippen LogP contribution in [0.4, 0.5) is 10.1 Å². The largest absolute Gasteiger partial charge is 0.364 e. The molecule has 8 heteroatoms. The van der Waals surface area contributed by atoms with Gasteiger partial charge in [-0.05, 0) is 36.8 Å². The van der Waals surface area contributed by atoms with Crippen molar-refractivity contribution in [1.82, 2.24) is 14.5 Å². The molecule has 0 N–H and O–H groups in total. The van der Waals surface area contributed by atoms with Gasteiger partial charge < -0.3 is 9.47 Å². The molecule has 31 heavy (non-hydrogen) atoms. The smallest absolute Gasteiger partial charge is 0.252 e. The molecule has 0 saturated carbocycles. The summed E-state index contributed by atoms with van der Waals surface area (Å²) in [5.41, 5.74) is 3.18. The van der Waals surface area contributed by atoms with Gasteiger partial charge in [-0.2, -0.15) is 5.26 Å². The van der Waals surface area contributed by atoms with Gasteiger partial charge in [-0.3, -0.25) is 9.69 Å². The maximum Gasteiger partial charge on any atom is 0.252 e. The van der Waals surface area contributed by atoms with Crippen molar-refractivity contribution in [3.63, 3.8) is 0 Å². The molecule has 3 aromatic rings. The second-order valence-electron chi connectivity index (χ2n) is 8.66. The highest BCUT2D eigenvalue weighted by Gasteiger charge is 2.35. The fourth-order valence-electron chi connectivity index (χ4n) is 4.46. The number of halogens is 1. The van der Waals surface area contributed by atoms with Gasteiger partial charge in [0.1, 0.15) is 30.9 Å². The van der Waals surface area contributed by atoms with Crippen LogP contribution >= 0.6 is 0 Å². The first-order valence-corrected chi connectivity index (χ1v) is 10.4. The minimum absolute atomic E-state index is 0.102. The van der Waals surface area contributed by atoms with Crippen molar-refractivity contribution < 1.29 is 4.39 Å². The summed E-state index contributed by atoms with van der Waals surface area (Å²) in [5, 5.41) is 9.30. The molecule has 0 aliphatic carbocycles. The molecule has 1 aromatic carbocycles. The molecule has 0 spiro atoms. The quantitative estimate of drug-likeness (QED) is 0.610. The van der Waals surface area contributed by atoms with Crippen molar-refractivity contribution in [2.45, 2.75) is 25.3 Å². The van der Waals surface area contributed by atoms with E-state index in [0.717, 1.165) is 24.3 Å². The number of nitriles is 1. The number of anilines is 1. The lowest BCUT2D eigenvalue weighted by molar-refractivity contribution is 0.145. The maximum atomic E-state index is 13.4. The molecule has 2 aromatic heterocycles. The molecule has 6 nitrogen and oxygen atoms in total. The minimum atomic E-state index is -0.255. The molecule has 158 valence electrons.